The van der Waals surface area contributed by atoms with Crippen molar-refractivity contribution in [2.75, 3.05) is 4.90 Å². The molecule has 2 atom stereocenters. The predicted octanol–water partition coefficient (Wildman–Crippen LogP) is 4.27. The van der Waals surface area contributed by atoms with Crippen molar-refractivity contribution in [2.24, 2.45) is 10.3 Å². The number of carbonyl (C=O) groups excluding carboxylic acids is 2. The standard InChI is InChI=1S/C24H23N5O3/c1-14(2)16-9-11-18(12-10-16)29-23(30)20-21(24(29)31)28(27-26-20)13-19-15(3)32-22(25-19)17-7-5-4-6-8-17/h4-12,14,20-21H,13H2,1-3H3/t20-,21-/m0/s1. The molecule has 3 aromatic rings. The third-order valence-corrected chi connectivity index (χ3v) is 5.90. The molecule has 8 nitrogen and oxygen atoms in total. The van der Waals surface area contributed by atoms with Crippen LogP contribution < -0.4 is 4.90 Å². The van der Waals surface area contributed by atoms with E-state index in [2.05, 4.69) is 29.2 Å². The summed E-state index contributed by atoms with van der Waals surface area (Å²) in [7, 11) is 0. The van der Waals surface area contributed by atoms with Crippen LogP contribution in [0.2, 0.25) is 0 Å². The van der Waals surface area contributed by atoms with E-state index in [9.17, 15) is 9.59 Å². The molecule has 3 heterocycles. The smallest absolute Gasteiger partial charge is 0.263 e. The van der Waals surface area contributed by atoms with Crippen LogP contribution in [0.5, 0.6) is 0 Å². The molecule has 1 aromatic heterocycles. The van der Waals surface area contributed by atoms with E-state index in [0.29, 0.717) is 29.0 Å². The molecule has 2 aliphatic rings. The van der Waals surface area contributed by atoms with Gasteiger partial charge in [-0.25, -0.2) is 9.88 Å². The van der Waals surface area contributed by atoms with E-state index in [1.165, 1.54) is 9.91 Å². The number of anilines is 1. The van der Waals surface area contributed by atoms with Gasteiger partial charge in [-0.3, -0.25) is 14.6 Å². The molecular weight excluding hydrogens is 406 g/mol. The average molecular weight is 429 g/mol. The van der Waals surface area contributed by atoms with Crippen LogP contribution in [0.1, 0.15) is 36.8 Å². The van der Waals surface area contributed by atoms with E-state index in [-0.39, 0.29) is 18.4 Å². The zero-order valence-corrected chi connectivity index (χ0v) is 18.1. The SMILES string of the molecule is Cc1oc(-c2ccccc2)nc1CN1N=N[C@@H]2C(=O)N(c3ccc(C(C)C)cc3)C(=O)[C@H]21. The summed E-state index contributed by atoms with van der Waals surface area (Å²) in [6.45, 7) is 6.24. The lowest BCUT2D eigenvalue weighted by Crippen LogP contribution is -2.39. The number of carbonyl (C=O) groups is 2. The quantitative estimate of drug-likeness (QED) is 0.565. The van der Waals surface area contributed by atoms with E-state index in [0.717, 1.165) is 11.1 Å². The van der Waals surface area contributed by atoms with Crippen molar-refractivity contribution in [3.05, 3.63) is 71.6 Å². The van der Waals surface area contributed by atoms with Crippen molar-refractivity contribution in [2.45, 2.75) is 45.3 Å². The van der Waals surface area contributed by atoms with Gasteiger partial charge in [0.1, 0.15) is 11.5 Å². The average Bonchev–Trinajstić information content (AvgIpc) is 3.45. The maximum atomic E-state index is 13.2. The number of aromatic nitrogens is 1. The minimum absolute atomic E-state index is 0.228. The molecule has 5 rings (SSSR count). The van der Waals surface area contributed by atoms with E-state index < -0.39 is 12.1 Å². The van der Waals surface area contributed by atoms with E-state index >= 15 is 0 Å². The van der Waals surface area contributed by atoms with Crippen LogP contribution >= 0.6 is 0 Å². The molecule has 32 heavy (non-hydrogen) atoms. The number of amides is 2. The topological polar surface area (TPSA) is 91.4 Å². The maximum Gasteiger partial charge on any atom is 0.263 e. The van der Waals surface area contributed by atoms with E-state index in [1.54, 1.807) is 0 Å². The van der Waals surface area contributed by atoms with Crippen molar-refractivity contribution < 1.29 is 14.0 Å². The molecule has 1 saturated heterocycles. The van der Waals surface area contributed by atoms with Crippen molar-refractivity contribution >= 4 is 17.5 Å². The largest absolute Gasteiger partial charge is 0.441 e. The number of aryl methyl sites for hydroxylation is 1. The van der Waals surface area contributed by atoms with Gasteiger partial charge in [0.2, 0.25) is 5.89 Å². The Morgan fingerprint density at radius 3 is 2.41 bits per heavy atom. The zero-order chi connectivity index (χ0) is 22.4. The fourth-order valence-electron chi connectivity index (χ4n) is 4.05. The molecule has 2 aliphatic heterocycles. The number of fused-ring (bicyclic) bond motifs is 1. The second kappa shape index (κ2) is 7.71. The first-order chi connectivity index (χ1) is 15.4. The Balaban J connectivity index is 1.38. The highest BCUT2D eigenvalue weighted by molar-refractivity contribution is 6.25. The van der Waals surface area contributed by atoms with Gasteiger partial charge in [-0.15, -0.1) is 0 Å². The summed E-state index contributed by atoms with van der Waals surface area (Å²) in [6, 6.07) is 15.5. The van der Waals surface area contributed by atoms with Gasteiger partial charge in [-0.1, -0.05) is 49.4 Å². The molecule has 0 N–H and O–H groups in total. The first kappa shape index (κ1) is 20.1. The third-order valence-electron chi connectivity index (χ3n) is 5.90. The minimum Gasteiger partial charge on any atom is -0.441 e. The van der Waals surface area contributed by atoms with Crippen LogP contribution in [0.25, 0.3) is 11.5 Å². The van der Waals surface area contributed by atoms with Crippen LogP contribution in [0.4, 0.5) is 5.69 Å². The lowest BCUT2D eigenvalue weighted by Gasteiger charge is -2.20. The van der Waals surface area contributed by atoms with Crippen LogP contribution in [-0.2, 0) is 16.1 Å². The Morgan fingerprint density at radius 2 is 1.72 bits per heavy atom. The molecule has 8 heteroatoms. The van der Waals surface area contributed by atoms with Crippen molar-refractivity contribution in [3.63, 3.8) is 0 Å². The molecule has 2 amide bonds. The summed E-state index contributed by atoms with van der Waals surface area (Å²) in [4.78, 5) is 32.0. The van der Waals surface area contributed by atoms with Gasteiger partial charge in [0.05, 0.1) is 12.2 Å². The lowest BCUT2D eigenvalue weighted by atomic mass is 10.0. The van der Waals surface area contributed by atoms with Crippen LogP contribution in [-0.4, -0.2) is 33.9 Å². The monoisotopic (exact) mass is 429 g/mol. The molecule has 0 aliphatic carbocycles. The molecule has 162 valence electrons. The molecule has 0 unspecified atom stereocenters. The highest BCUT2D eigenvalue weighted by atomic mass is 16.4. The summed E-state index contributed by atoms with van der Waals surface area (Å²) in [5.74, 6) is 0.827. The molecule has 0 radical (unpaired) electrons. The Bertz CT molecular complexity index is 1200. The van der Waals surface area contributed by atoms with Crippen LogP contribution in [0, 0.1) is 6.92 Å². The minimum atomic E-state index is -0.840. The summed E-state index contributed by atoms with van der Waals surface area (Å²) >= 11 is 0. The van der Waals surface area contributed by atoms with Gasteiger partial charge in [-0.05, 0) is 42.7 Å². The first-order valence-corrected chi connectivity index (χ1v) is 10.6. The summed E-state index contributed by atoms with van der Waals surface area (Å²) in [6.07, 6.45) is 0. The number of imide groups is 1. The second-order valence-corrected chi connectivity index (χ2v) is 8.34. The third kappa shape index (κ3) is 3.28. The first-order valence-electron chi connectivity index (χ1n) is 10.6. The van der Waals surface area contributed by atoms with Gasteiger partial charge >= 0.3 is 0 Å². The number of hydrogen-bond acceptors (Lipinski definition) is 7. The van der Waals surface area contributed by atoms with Crippen molar-refractivity contribution in [1.29, 1.82) is 0 Å². The second-order valence-electron chi connectivity index (χ2n) is 8.34. The fourth-order valence-corrected chi connectivity index (χ4v) is 4.05. The number of nitrogens with zero attached hydrogens (tertiary/aromatic N) is 5. The molecule has 2 aromatic carbocycles. The Kier molecular flexibility index (Phi) is 4.84. The Labute approximate surface area is 185 Å². The summed E-state index contributed by atoms with van der Waals surface area (Å²) in [5.41, 5.74) is 3.22. The van der Waals surface area contributed by atoms with E-state index in [4.69, 9.17) is 4.42 Å². The van der Waals surface area contributed by atoms with Gasteiger partial charge in [0.15, 0.2) is 12.1 Å². The highest BCUT2D eigenvalue weighted by Crippen LogP contribution is 2.34. The molecule has 0 bridgehead atoms. The lowest BCUT2D eigenvalue weighted by molar-refractivity contribution is -0.123. The van der Waals surface area contributed by atoms with Gasteiger partial charge < -0.3 is 4.42 Å². The van der Waals surface area contributed by atoms with Gasteiger partial charge in [0, 0.05) is 5.56 Å². The van der Waals surface area contributed by atoms with E-state index in [1.807, 2.05) is 61.5 Å². The number of rotatable bonds is 5. The van der Waals surface area contributed by atoms with Gasteiger partial charge in [0.25, 0.3) is 11.8 Å². The zero-order valence-electron chi connectivity index (χ0n) is 18.1. The normalized spacial score (nSPS) is 20.0. The fraction of sp³-hybridized carbons (Fsp3) is 0.292. The maximum absolute atomic E-state index is 13.2. The van der Waals surface area contributed by atoms with Gasteiger partial charge in [-0.2, -0.15) is 5.11 Å². The number of benzene rings is 2. The summed E-state index contributed by atoms with van der Waals surface area (Å²) in [5, 5.41) is 9.75. The van der Waals surface area contributed by atoms with Crippen molar-refractivity contribution in [1.82, 2.24) is 9.99 Å². The molecule has 1 fully saturated rings. The Hall–Kier alpha value is -3.81. The Morgan fingerprint density at radius 1 is 1.00 bits per heavy atom. The predicted molar refractivity (Wildman–Crippen MR) is 118 cm³/mol. The van der Waals surface area contributed by atoms with Crippen LogP contribution in [0.15, 0.2) is 69.4 Å². The molecule has 0 spiro atoms. The van der Waals surface area contributed by atoms with Crippen molar-refractivity contribution in [3.8, 4) is 11.5 Å². The highest BCUT2D eigenvalue weighted by Gasteiger charge is 2.54. The van der Waals surface area contributed by atoms with Crippen LogP contribution in [0.3, 0.4) is 0 Å². The molecule has 0 saturated carbocycles. The number of hydrogen-bond donors (Lipinski definition) is 0. The number of oxazole rings is 1. The summed E-state index contributed by atoms with van der Waals surface area (Å²) < 4.78 is 5.82. The molecular formula is C24H23N5O3.